The maximum Gasteiger partial charge on any atom is 0.328 e. The van der Waals surface area contributed by atoms with Gasteiger partial charge in [0.25, 0.3) is 0 Å². The van der Waals surface area contributed by atoms with Crippen LogP contribution in [0, 0.1) is 0 Å². The Balaban J connectivity index is 0.000000392. The first-order chi connectivity index (χ1) is 17.2. The van der Waals surface area contributed by atoms with Crippen LogP contribution in [0.3, 0.4) is 0 Å². The summed E-state index contributed by atoms with van der Waals surface area (Å²) in [4.78, 5) is 41.9. The van der Waals surface area contributed by atoms with E-state index >= 15 is 0 Å². The molecule has 2 aromatic rings. The summed E-state index contributed by atoms with van der Waals surface area (Å²) in [6, 6.07) is 5.86. The number of fused-ring (bicyclic) bond motifs is 2. The summed E-state index contributed by atoms with van der Waals surface area (Å²) in [7, 11) is 2.07. The van der Waals surface area contributed by atoms with E-state index in [4.69, 9.17) is 31.5 Å². The highest BCUT2D eigenvalue weighted by molar-refractivity contribution is 7.08. The molecule has 0 unspecified atom stereocenters. The second-order valence-electron chi connectivity index (χ2n) is 7.98. The van der Waals surface area contributed by atoms with Crippen LogP contribution in [0.15, 0.2) is 46.1 Å². The molecule has 1 aromatic heterocycles. The average Bonchev–Trinajstić information content (AvgIpc) is 3.27. The van der Waals surface area contributed by atoms with Gasteiger partial charge < -0.3 is 24.7 Å². The Bertz CT molecular complexity index is 1160. The highest BCUT2D eigenvalue weighted by atomic mass is 35.5. The van der Waals surface area contributed by atoms with Gasteiger partial charge in [-0.1, -0.05) is 11.6 Å². The highest BCUT2D eigenvalue weighted by Gasteiger charge is 2.27. The van der Waals surface area contributed by atoms with Crippen LogP contribution in [0.4, 0.5) is 17.1 Å². The first kappa shape index (κ1) is 27.2. The number of esters is 1. The van der Waals surface area contributed by atoms with Crippen molar-refractivity contribution in [2.45, 2.75) is 6.92 Å². The molecule has 2 aliphatic heterocycles. The third kappa shape index (κ3) is 7.30. The number of aliphatic imine (C=N–C) groups is 1. The number of thiophene rings is 1. The van der Waals surface area contributed by atoms with Crippen LogP contribution in [0.1, 0.15) is 12.5 Å². The number of carboxylic acid groups (broad SMARTS) is 2. The van der Waals surface area contributed by atoms with Crippen LogP contribution in [-0.4, -0.2) is 90.1 Å². The fourth-order valence-corrected chi connectivity index (χ4v) is 4.79. The van der Waals surface area contributed by atoms with E-state index in [2.05, 4.69) is 32.5 Å². The minimum atomic E-state index is -1.26. The molecule has 0 saturated carbocycles. The van der Waals surface area contributed by atoms with Crippen LogP contribution in [0.5, 0.6) is 0 Å². The largest absolute Gasteiger partial charge is 0.478 e. The summed E-state index contributed by atoms with van der Waals surface area (Å²) in [5.74, 6) is -1.73. The Hall–Kier alpha value is -3.41. The van der Waals surface area contributed by atoms with Gasteiger partial charge in [0.2, 0.25) is 0 Å². The minimum absolute atomic E-state index is 0.224. The van der Waals surface area contributed by atoms with Gasteiger partial charge in [0.15, 0.2) is 0 Å². The van der Waals surface area contributed by atoms with Crippen LogP contribution in [-0.2, 0) is 19.1 Å². The third-order valence-corrected chi connectivity index (χ3v) is 6.49. The topological polar surface area (TPSA) is 123 Å². The summed E-state index contributed by atoms with van der Waals surface area (Å²) in [5, 5.41) is 20.7. The zero-order valence-corrected chi connectivity index (χ0v) is 21.5. The van der Waals surface area contributed by atoms with Gasteiger partial charge in [-0.05, 0) is 18.2 Å². The van der Waals surface area contributed by atoms with Crippen LogP contribution in [0.2, 0.25) is 5.02 Å². The molecule has 1 fully saturated rings. The molecule has 0 spiro atoms. The van der Waals surface area contributed by atoms with Crippen molar-refractivity contribution < 1.29 is 29.3 Å². The van der Waals surface area contributed by atoms with Crippen molar-refractivity contribution in [3.63, 3.8) is 0 Å². The zero-order chi connectivity index (χ0) is 26.2. The number of hydrogen-bond donors (Lipinski definition) is 2. The average molecular weight is 535 g/mol. The van der Waals surface area contributed by atoms with E-state index in [0.29, 0.717) is 23.8 Å². The number of ether oxygens (including phenoxy) is 1. The van der Waals surface area contributed by atoms with Crippen molar-refractivity contribution in [1.82, 2.24) is 9.80 Å². The number of carbonyl (C=O) groups excluding carboxylic acids is 1. The quantitative estimate of drug-likeness (QED) is 0.438. The van der Waals surface area contributed by atoms with Gasteiger partial charge in [0.1, 0.15) is 12.4 Å². The van der Waals surface area contributed by atoms with Gasteiger partial charge in [-0.3, -0.25) is 9.69 Å². The summed E-state index contributed by atoms with van der Waals surface area (Å²) in [6.07, 6.45) is 1.12. The smallest absolute Gasteiger partial charge is 0.328 e. The Kier molecular flexibility index (Phi) is 9.45. The number of amidine groups is 1. The van der Waals surface area contributed by atoms with Gasteiger partial charge >= 0.3 is 17.9 Å². The van der Waals surface area contributed by atoms with E-state index in [9.17, 15) is 14.4 Å². The molecule has 1 saturated heterocycles. The molecule has 0 atom stereocenters. The van der Waals surface area contributed by atoms with E-state index in [1.807, 2.05) is 18.2 Å². The molecule has 2 N–H and O–H groups in total. The van der Waals surface area contributed by atoms with E-state index in [0.717, 1.165) is 55.5 Å². The van der Waals surface area contributed by atoms with Gasteiger partial charge in [0, 0.05) is 74.6 Å². The van der Waals surface area contributed by atoms with Crippen LogP contribution in [0.25, 0.3) is 0 Å². The number of carbonyl (C=O) groups is 3. The molecule has 4 rings (SSSR count). The second-order valence-corrected chi connectivity index (χ2v) is 9.16. The van der Waals surface area contributed by atoms with E-state index < -0.39 is 11.9 Å². The fourth-order valence-electron chi connectivity index (χ4n) is 3.78. The minimum Gasteiger partial charge on any atom is -0.478 e. The number of hydrogen-bond acceptors (Lipinski definition) is 9. The predicted octanol–water partition coefficient (Wildman–Crippen LogP) is 3.45. The van der Waals surface area contributed by atoms with E-state index in [1.54, 1.807) is 11.3 Å². The monoisotopic (exact) mass is 534 g/mol. The summed E-state index contributed by atoms with van der Waals surface area (Å²) in [6.45, 7) is 6.26. The summed E-state index contributed by atoms with van der Waals surface area (Å²) >= 11 is 7.94. The second kappa shape index (κ2) is 12.5. The van der Waals surface area contributed by atoms with Crippen molar-refractivity contribution in [2.24, 2.45) is 4.99 Å². The van der Waals surface area contributed by atoms with E-state index in [1.165, 1.54) is 12.6 Å². The molecular formula is C24H27ClN4O6S. The van der Waals surface area contributed by atoms with Gasteiger partial charge in [-0.15, -0.1) is 11.3 Å². The molecule has 1 aromatic carbocycles. The summed E-state index contributed by atoms with van der Waals surface area (Å²) in [5.41, 5.74) is 4.28. The lowest BCUT2D eigenvalue weighted by molar-refractivity contribution is -0.141. The molecule has 10 nitrogen and oxygen atoms in total. The van der Waals surface area contributed by atoms with Gasteiger partial charge in [0.05, 0.1) is 22.6 Å². The number of rotatable bonds is 5. The lowest BCUT2D eigenvalue weighted by atomic mass is 10.2. The zero-order valence-electron chi connectivity index (χ0n) is 19.9. The number of piperazine rings is 1. The standard InChI is InChI=1S/C20H23ClN4O2S.C4H4O4/c1-14(26)27-10-9-24-5-7-25(8-6-24)20-16-12-28-13-19(16)23(2)18-4-3-15(21)11-17(18)22-20;5-3(6)1-2-4(7)8/h3-4,11-13H,5-10H2,1-2H3;1-2H,(H,5,6)(H,7,8)/b;2-1+. The molecule has 0 amide bonds. The third-order valence-electron chi connectivity index (χ3n) is 5.52. The molecular weight excluding hydrogens is 508 g/mol. The van der Waals surface area contributed by atoms with Crippen molar-refractivity contribution in [3.05, 3.63) is 51.7 Å². The number of benzene rings is 1. The van der Waals surface area contributed by atoms with Gasteiger partial charge in [-0.25, -0.2) is 14.6 Å². The lowest BCUT2D eigenvalue weighted by Gasteiger charge is -2.36. The maximum atomic E-state index is 10.9. The molecule has 0 aliphatic carbocycles. The SMILES string of the molecule is CC(=O)OCCN1CCN(C2=Nc3cc(Cl)ccc3N(C)c3cscc32)CC1.O=C(O)/C=C/C(=O)O. The molecule has 0 bridgehead atoms. The normalized spacial score (nSPS) is 15.2. The molecule has 2 aliphatic rings. The summed E-state index contributed by atoms with van der Waals surface area (Å²) < 4.78 is 5.07. The van der Waals surface area contributed by atoms with Crippen LogP contribution < -0.4 is 4.90 Å². The van der Waals surface area contributed by atoms with Crippen molar-refractivity contribution in [2.75, 3.05) is 51.3 Å². The van der Waals surface area contributed by atoms with Crippen molar-refractivity contribution >= 4 is 63.7 Å². The van der Waals surface area contributed by atoms with Gasteiger partial charge in [-0.2, -0.15) is 0 Å². The van der Waals surface area contributed by atoms with E-state index in [-0.39, 0.29) is 5.97 Å². The Labute approximate surface area is 217 Å². The Morgan fingerprint density at radius 2 is 1.75 bits per heavy atom. The first-order valence-corrected chi connectivity index (χ1v) is 12.4. The number of anilines is 2. The maximum absolute atomic E-state index is 10.9. The van der Waals surface area contributed by atoms with Crippen LogP contribution >= 0.6 is 22.9 Å². The molecule has 12 heteroatoms. The fraction of sp³-hybridized carbons (Fsp3) is 0.333. The molecule has 0 radical (unpaired) electrons. The number of aliphatic carboxylic acids is 2. The number of halogens is 1. The number of nitrogens with zero attached hydrogens (tertiary/aromatic N) is 4. The predicted molar refractivity (Wildman–Crippen MR) is 139 cm³/mol. The molecule has 36 heavy (non-hydrogen) atoms. The van der Waals surface area contributed by atoms with Crippen molar-refractivity contribution in [3.8, 4) is 0 Å². The number of carboxylic acids is 2. The highest BCUT2D eigenvalue weighted by Crippen LogP contribution is 2.41. The Morgan fingerprint density at radius 1 is 1.08 bits per heavy atom. The van der Waals surface area contributed by atoms with Crippen molar-refractivity contribution in [1.29, 1.82) is 0 Å². The lowest BCUT2D eigenvalue weighted by Crippen LogP contribution is -2.49. The molecule has 3 heterocycles. The molecule has 192 valence electrons. The first-order valence-electron chi connectivity index (χ1n) is 11.1. The Morgan fingerprint density at radius 3 is 2.36 bits per heavy atom.